The Balaban J connectivity index is 2.15. The number of aromatic nitrogens is 1. The number of azide groups is 1. The zero-order valence-electron chi connectivity index (χ0n) is 11.1. The first-order valence-electron chi connectivity index (χ1n) is 6.08. The van der Waals surface area contributed by atoms with Crippen LogP contribution in [0.5, 0.6) is 5.75 Å². The van der Waals surface area contributed by atoms with Crippen molar-refractivity contribution in [1.82, 2.24) is 4.57 Å². The maximum Gasteiger partial charge on any atom is 0.223 e. The third-order valence-corrected chi connectivity index (χ3v) is 2.84. The molecular weight excluding hydrogens is 256 g/mol. The normalized spacial score (nSPS) is 9.85. The Morgan fingerprint density at radius 2 is 2.10 bits per heavy atom. The molecule has 1 aromatic heterocycles. The van der Waals surface area contributed by atoms with Gasteiger partial charge in [0.2, 0.25) is 5.43 Å². The summed E-state index contributed by atoms with van der Waals surface area (Å²) in [5, 5.41) is 3.45. The lowest BCUT2D eigenvalue weighted by Crippen LogP contribution is -2.13. The fourth-order valence-electron chi connectivity index (χ4n) is 1.75. The Morgan fingerprint density at radius 3 is 2.80 bits per heavy atom. The third-order valence-electron chi connectivity index (χ3n) is 2.84. The first kappa shape index (κ1) is 13.7. The monoisotopic (exact) mass is 270 g/mol. The van der Waals surface area contributed by atoms with Crippen molar-refractivity contribution in [3.63, 3.8) is 0 Å². The topological polar surface area (TPSA) is 80.0 Å². The molecule has 0 radical (unpaired) electrons. The van der Waals surface area contributed by atoms with Gasteiger partial charge in [0.25, 0.3) is 0 Å². The molecule has 0 aliphatic heterocycles. The maximum atomic E-state index is 11.9. The van der Waals surface area contributed by atoms with Gasteiger partial charge in [0.15, 0.2) is 5.75 Å². The molecule has 6 heteroatoms. The maximum absolute atomic E-state index is 11.9. The molecule has 0 N–H and O–H groups in total. The molecule has 0 bridgehead atoms. The van der Waals surface area contributed by atoms with Crippen LogP contribution < -0.4 is 10.2 Å². The molecule has 0 saturated carbocycles. The number of benzene rings is 1. The zero-order valence-corrected chi connectivity index (χ0v) is 11.1. The van der Waals surface area contributed by atoms with Gasteiger partial charge in [-0.3, -0.25) is 4.79 Å². The fraction of sp³-hybridized carbons (Fsp3) is 0.214. The van der Waals surface area contributed by atoms with E-state index >= 15 is 0 Å². The van der Waals surface area contributed by atoms with Crippen molar-refractivity contribution in [1.29, 1.82) is 0 Å². The quantitative estimate of drug-likeness (QED) is 0.475. The molecule has 20 heavy (non-hydrogen) atoms. The standard InChI is InChI=1S/C14H14N4O2/c1-18-9-14(13(19)7-12(18)8-16-17-15)20-10-11-5-3-2-4-6-11/h2-7,9H,8,10H2,1H3. The number of ether oxygens (including phenoxy) is 1. The van der Waals surface area contributed by atoms with Crippen LogP contribution in [0.2, 0.25) is 0 Å². The van der Waals surface area contributed by atoms with Crippen LogP contribution in [0, 0.1) is 0 Å². The van der Waals surface area contributed by atoms with Gasteiger partial charge in [-0.15, -0.1) is 0 Å². The highest BCUT2D eigenvalue weighted by molar-refractivity contribution is 5.23. The molecule has 1 aromatic carbocycles. The van der Waals surface area contributed by atoms with E-state index in [4.69, 9.17) is 10.3 Å². The molecule has 0 amide bonds. The first-order chi connectivity index (χ1) is 9.70. The van der Waals surface area contributed by atoms with E-state index in [1.807, 2.05) is 30.3 Å². The van der Waals surface area contributed by atoms with Crippen molar-refractivity contribution in [2.75, 3.05) is 0 Å². The van der Waals surface area contributed by atoms with Gasteiger partial charge in [-0.05, 0) is 11.1 Å². The Hall–Kier alpha value is -2.72. The van der Waals surface area contributed by atoms with Crippen molar-refractivity contribution in [3.8, 4) is 5.75 Å². The van der Waals surface area contributed by atoms with Crippen LogP contribution in [0.1, 0.15) is 11.3 Å². The summed E-state index contributed by atoms with van der Waals surface area (Å²) in [4.78, 5) is 14.6. The van der Waals surface area contributed by atoms with Crippen LogP contribution in [0.3, 0.4) is 0 Å². The minimum absolute atomic E-state index is 0.140. The number of hydrogen-bond donors (Lipinski definition) is 0. The molecule has 2 aromatic rings. The highest BCUT2D eigenvalue weighted by atomic mass is 16.5. The largest absolute Gasteiger partial charge is 0.483 e. The highest BCUT2D eigenvalue weighted by Crippen LogP contribution is 2.09. The predicted molar refractivity (Wildman–Crippen MR) is 75.3 cm³/mol. The molecule has 0 aliphatic rings. The summed E-state index contributed by atoms with van der Waals surface area (Å²) in [6.07, 6.45) is 1.60. The van der Waals surface area contributed by atoms with E-state index in [0.29, 0.717) is 12.3 Å². The van der Waals surface area contributed by atoms with Crippen LogP contribution in [0.15, 0.2) is 52.5 Å². The van der Waals surface area contributed by atoms with E-state index in [0.717, 1.165) is 5.56 Å². The van der Waals surface area contributed by atoms with Crippen LogP contribution in [-0.4, -0.2) is 4.57 Å². The number of pyridine rings is 1. The third kappa shape index (κ3) is 3.40. The van der Waals surface area contributed by atoms with Gasteiger partial charge < -0.3 is 9.30 Å². The Kier molecular flexibility index (Phi) is 4.42. The van der Waals surface area contributed by atoms with E-state index in [1.54, 1.807) is 17.8 Å². The first-order valence-corrected chi connectivity index (χ1v) is 6.08. The minimum Gasteiger partial charge on any atom is -0.483 e. The van der Waals surface area contributed by atoms with Gasteiger partial charge >= 0.3 is 0 Å². The van der Waals surface area contributed by atoms with E-state index in [-0.39, 0.29) is 17.7 Å². The van der Waals surface area contributed by atoms with E-state index in [1.165, 1.54) is 6.07 Å². The van der Waals surface area contributed by atoms with Crippen LogP contribution in [-0.2, 0) is 20.2 Å². The predicted octanol–water partition coefficient (Wildman–Crippen LogP) is 2.77. The number of hydrogen-bond acceptors (Lipinski definition) is 3. The van der Waals surface area contributed by atoms with Gasteiger partial charge in [0.05, 0.1) is 12.7 Å². The molecule has 0 spiro atoms. The SMILES string of the molecule is Cn1cc(OCc2ccccc2)c(=O)cc1CN=[N+]=[N-]. The summed E-state index contributed by atoms with van der Waals surface area (Å²) in [5.41, 5.74) is 9.71. The summed E-state index contributed by atoms with van der Waals surface area (Å²) in [7, 11) is 1.77. The lowest BCUT2D eigenvalue weighted by atomic mass is 10.2. The molecule has 0 atom stereocenters. The molecule has 0 aliphatic carbocycles. The van der Waals surface area contributed by atoms with Crippen molar-refractivity contribution in [2.24, 2.45) is 12.2 Å². The molecule has 2 rings (SSSR count). The summed E-state index contributed by atoms with van der Waals surface area (Å²) in [6, 6.07) is 11.0. The smallest absolute Gasteiger partial charge is 0.223 e. The Morgan fingerprint density at radius 1 is 1.35 bits per heavy atom. The second-order valence-corrected chi connectivity index (χ2v) is 4.27. The average molecular weight is 270 g/mol. The number of aryl methyl sites for hydroxylation is 1. The summed E-state index contributed by atoms with van der Waals surface area (Å²) < 4.78 is 7.25. The molecule has 0 unspecified atom stereocenters. The molecule has 0 fully saturated rings. The van der Waals surface area contributed by atoms with E-state index in [2.05, 4.69) is 10.0 Å². The number of rotatable bonds is 5. The second kappa shape index (κ2) is 6.45. The van der Waals surface area contributed by atoms with Crippen LogP contribution >= 0.6 is 0 Å². The lowest BCUT2D eigenvalue weighted by Gasteiger charge is -2.10. The Labute approximate surface area is 115 Å². The van der Waals surface area contributed by atoms with Gasteiger partial charge in [-0.2, -0.15) is 0 Å². The Bertz CT molecular complexity index is 688. The van der Waals surface area contributed by atoms with Gasteiger partial charge in [0, 0.05) is 23.7 Å². The van der Waals surface area contributed by atoms with Crippen molar-refractivity contribution in [2.45, 2.75) is 13.2 Å². The zero-order chi connectivity index (χ0) is 14.4. The van der Waals surface area contributed by atoms with Gasteiger partial charge in [-0.25, -0.2) is 0 Å². The van der Waals surface area contributed by atoms with E-state index in [9.17, 15) is 4.79 Å². The van der Waals surface area contributed by atoms with Crippen LogP contribution in [0.25, 0.3) is 10.4 Å². The number of nitrogens with zero attached hydrogens (tertiary/aromatic N) is 4. The summed E-state index contributed by atoms with van der Waals surface area (Å²) in [6.45, 7) is 0.479. The van der Waals surface area contributed by atoms with E-state index < -0.39 is 0 Å². The minimum atomic E-state index is -0.220. The molecule has 0 saturated heterocycles. The van der Waals surface area contributed by atoms with Crippen LogP contribution in [0.4, 0.5) is 0 Å². The molecule has 1 heterocycles. The molecule has 6 nitrogen and oxygen atoms in total. The average Bonchev–Trinajstić information content (AvgIpc) is 2.47. The van der Waals surface area contributed by atoms with Crippen molar-refractivity contribution >= 4 is 0 Å². The van der Waals surface area contributed by atoms with Crippen molar-refractivity contribution < 1.29 is 4.74 Å². The second-order valence-electron chi connectivity index (χ2n) is 4.27. The molecular formula is C14H14N4O2. The summed E-state index contributed by atoms with van der Waals surface area (Å²) >= 11 is 0. The lowest BCUT2D eigenvalue weighted by molar-refractivity contribution is 0.300. The highest BCUT2D eigenvalue weighted by Gasteiger charge is 2.05. The fourth-order valence-corrected chi connectivity index (χ4v) is 1.75. The van der Waals surface area contributed by atoms with Gasteiger partial charge in [-0.1, -0.05) is 35.4 Å². The van der Waals surface area contributed by atoms with Crippen molar-refractivity contribution in [3.05, 3.63) is 74.5 Å². The molecule has 102 valence electrons. The van der Waals surface area contributed by atoms with Gasteiger partial charge in [0.1, 0.15) is 6.61 Å². The summed E-state index contributed by atoms with van der Waals surface area (Å²) in [5.74, 6) is 0.279.